The van der Waals surface area contributed by atoms with Crippen LogP contribution in [-0.2, 0) is 9.53 Å². The number of rotatable bonds is 3. The van der Waals surface area contributed by atoms with Gasteiger partial charge >= 0.3 is 5.97 Å². The average molecular weight is 312 g/mol. The van der Waals surface area contributed by atoms with Gasteiger partial charge in [-0.2, -0.15) is 0 Å². The summed E-state index contributed by atoms with van der Waals surface area (Å²) in [6, 6.07) is 0. The second-order valence-corrected chi connectivity index (χ2v) is 7.21. The molecular weight excluding hydrogens is 294 g/mol. The van der Waals surface area contributed by atoms with Crippen LogP contribution in [0.4, 0.5) is 0 Å². The van der Waals surface area contributed by atoms with Crippen molar-refractivity contribution in [1.82, 2.24) is 0 Å². The standard InChI is InChI=1S/C13H17Cl3O2/c1-13(2)7-3-4-8(13)10(5-7)18-11(17)6-9(14)12(15)16/h7-8,10H,3-6H2,1-2H3. The fourth-order valence-electron chi connectivity index (χ4n) is 3.49. The lowest BCUT2D eigenvalue weighted by Gasteiger charge is -2.26. The van der Waals surface area contributed by atoms with Gasteiger partial charge in [-0.3, -0.25) is 4.79 Å². The van der Waals surface area contributed by atoms with E-state index in [0.717, 1.165) is 12.8 Å². The third kappa shape index (κ3) is 2.66. The van der Waals surface area contributed by atoms with Crippen molar-refractivity contribution in [2.75, 3.05) is 0 Å². The minimum absolute atomic E-state index is 0.0322. The molecule has 3 unspecified atom stereocenters. The second-order valence-electron chi connectivity index (χ2n) is 5.81. The van der Waals surface area contributed by atoms with Crippen molar-refractivity contribution < 1.29 is 9.53 Å². The Morgan fingerprint density at radius 3 is 2.39 bits per heavy atom. The van der Waals surface area contributed by atoms with Crippen molar-refractivity contribution in [1.29, 1.82) is 0 Å². The van der Waals surface area contributed by atoms with Crippen LogP contribution in [0.1, 0.15) is 39.5 Å². The first kappa shape index (κ1) is 14.5. The molecule has 0 spiro atoms. The molecule has 18 heavy (non-hydrogen) atoms. The van der Waals surface area contributed by atoms with Gasteiger partial charge in [-0.15, -0.1) is 0 Å². The maximum atomic E-state index is 11.7. The van der Waals surface area contributed by atoms with Gasteiger partial charge in [-0.1, -0.05) is 48.7 Å². The molecule has 2 rings (SSSR count). The number of carbonyl (C=O) groups excluding carboxylic acids is 1. The van der Waals surface area contributed by atoms with E-state index < -0.39 is 0 Å². The summed E-state index contributed by atoms with van der Waals surface area (Å²) in [5.41, 5.74) is 0.286. The van der Waals surface area contributed by atoms with Gasteiger partial charge in [0.25, 0.3) is 0 Å². The Labute approximate surface area is 123 Å². The molecule has 0 amide bonds. The lowest BCUT2D eigenvalue weighted by molar-refractivity contribution is -0.151. The zero-order valence-electron chi connectivity index (χ0n) is 10.5. The van der Waals surface area contributed by atoms with Crippen LogP contribution in [0.2, 0.25) is 0 Å². The lowest BCUT2D eigenvalue weighted by atomic mass is 9.82. The summed E-state index contributed by atoms with van der Waals surface area (Å²) in [5, 5.41) is 0.144. The van der Waals surface area contributed by atoms with Crippen molar-refractivity contribution in [3.63, 3.8) is 0 Å². The third-order valence-corrected chi connectivity index (χ3v) is 5.56. The first-order valence-corrected chi connectivity index (χ1v) is 7.35. The summed E-state index contributed by atoms with van der Waals surface area (Å²) in [7, 11) is 0. The fourth-order valence-corrected chi connectivity index (χ4v) is 3.74. The highest BCUT2D eigenvalue weighted by Gasteiger charge is 2.54. The van der Waals surface area contributed by atoms with Crippen LogP contribution < -0.4 is 0 Å². The van der Waals surface area contributed by atoms with Crippen LogP contribution in [0, 0.1) is 17.3 Å². The van der Waals surface area contributed by atoms with Gasteiger partial charge < -0.3 is 4.74 Å². The van der Waals surface area contributed by atoms with E-state index in [4.69, 9.17) is 39.5 Å². The molecule has 0 aromatic heterocycles. The monoisotopic (exact) mass is 310 g/mol. The summed E-state index contributed by atoms with van der Waals surface area (Å²) < 4.78 is 5.46. The van der Waals surface area contributed by atoms with E-state index in [1.165, 1.54) is 6.42 Å². The predicted octanol–water partition coefficient (Wildman–Crippen LogP) is 4.63. The lowest BCUT2D eigenvalue weighted by Crippen LogP contribution is -2.27. The smallest absolute Gasteiger partial charge is 0.311 e. The fraction of sp³-hybridized carbons (Fsp3) is 0.769. The maximum absolute atomic E-state index is 11.7. The molecule has 3 atom stereocenters. The first-order chi connectivity index (χ1) is 8.32. The highest BCUT2D eigenvalue weighted by atomic mass is 35.5. The molecule has 0 aromatic rings. The van der Waals surface area contributed by atoms with Crippen molar-refractivity contribution in [2.24, 2.45) is 17.3 Å². The Balaban J connectivity index is 1.93. The highest BCUT2D eigenvalue weighted by Crippen LogP contribution is 2.58. The summed E-state index contributed by atoms with van der Waals surface area (Å²) in [6.07, 6.45) is 3.36. The largest absolute Gasteiger partial charge is 0.462 e. The predicted molar refractivity (Wildman–Crippen MR) is 73.7 cm³/mol. The summed E-state index contributed by atoms with van der Waals surface area (Å²) in [5.74, 6) is 0.802. The normalized spacial score (nSPS) is 32.4. The van der Waals surface area contributed by atoms with Crippen LogP contribution in [-0.4, -0.2) is 12.1 Å². The van der Waals surface area contributed by atoms with E-state index in [1.807, 2.05) is 0 Å². The topological polar surface area (TPSA) is 26.3 Å². The quantitative estimate of drug-likeness (QED) is 0.710. The molecule has 2 aliphatic carbocycles. The Morgan fingerprint density at radius 2 is 1.94 bits per heavy atom. The summed E-state index contributed by atoms with van der Waals surface area (Å²) in [4.78, 5) is 11.7. The van der Waals surface area contributed by atoms with Gasteiger partial charge in [0.2, 0.25) is 0 Å². The zero-order chi connectivity index (χ0) is 13.5. The SMILES string of the molecule is CC1(C)C2CCC1C(OC(=O)CC(Cl)=C(Cl)Cl)C2. The van der Waals surface area contributed by atoms with E-state index in [0.29, 0.717) is 11.8 Å². The molecule has 5 heteroatoms. The average Bonchev–Trinajstić information content (AvgIpc) is 2.66. The molecule has 0 aromatic carbocycles. The van der Waals surface area contributed by atoms with Gasteiger partial charge in [0.1, 0.15) is 10.6 Å². The van der Waals surface area contributed by atoms with E-state index >= 15 is 0 Å². The van der Waals surface area contributed by atoms with Crippen molar-refractivity contribution in [2.45, 2.75) is 45.6 Å². The minimum Gasteiger partial charge on any atom is -0.462 e. The van der Waals surface area contributed by atoms with Crippen LogP contribution >= 0.6 is 34.8 Å². The van der Waals surface area contributed by atoms with Gasteiger partial charge in [-0.05, 0) is 30.6 Å². The molecule has 0 N–H and O–H groups in total. The number of halogens is 3. The van der Waals surface area contributed by atoms with E-state index in [-0.39, 0.29) is 33.4 Å². The second kappa shape index (κ2) is 5.22. The van der Waals surface area contributed by atoms with E-state index in [9.17, 15) is 4.79 Å². The molecule has 2 fully saturated rings. The highest BCUT2D eigenvalue weighted by molar-refractivity contribution is 6.59. The molecule has 0 saturated heterocycles. The molecule has 102 valence electrons. The molecular formula is C13H17Cl3O2. The number of hydrogen-bond donors (Lipinski definition) is 0. The number of hydrogen-bond acceptors (Lipinski definition) is 2. The Bertz CT molecular complexity index is 386. The van der Waals surface area contributed by atoms with Crippen LogP contribution in [0.25, 0.3) is 0 Å². The van der Waals surface area contributed by atoms with Crippen molar-refractivity contribution in [3.05, 3.63) is 9.52 Å². The Morgan fingerprint density at radius 1 is 1.28 bits per heavy atom. The molecule has 0 aliphatic heterocycles. The Kier molecular flexibility index (Phi) is 4.20. The summed E-state index contributed by atoms with van der Waals surface area (Å²) >= 11 is 16.8. The number of esters is 1. The number of fused-ring (bicyclic) bond motifs is 2. The third-order valence-electron chi connectivity index (χ3n) is 4.59. The van der Waals surface area contributed by atoms with Crippen molar-refractivity contribution >= 4 is 40.8 Å². The number of carbonyl (C=O) groups is 1. The van der Waals surface area contributed by atoms with E-state index in [1.54, 1.807) is 0 Å². The molecule has 2 saturated carbocycles. The molecule has 2 aliphatic rings. The molecule has 2 nitrogen and oxygen atoms in total. The van der Waals surface area contributed by atoms with E-state index in [2.05, 4.69) is 13.8 Å². The van der Waals surface area contributed by atoms with Crippen LogP contribution in [0.15, 0.2) is 9.52 Å². The number of ether oxygens (including phenoxy) is 1. The van der Waals surface area contributed by atoms with Crippen molar-refractivity contribution in [3.8, 4) is 0 Å². The van der Waals surface area contributed by atoms with Crippen LogP contribution in [0.3, 0.4) is 0 Å². The Hall–Kier alpha value is 0.0800. The zero-order valence-corrected chi connectivity index (χ0v) is 12.8. The molecule has 0 radical (unpaired) electrons. The summed E-state index contributed by atoms with van der Waals surface area (Å²) in [6.45, 7) is 4.54. The molecule has 0 heterocycles. The van der Waals surface area contributed by atoms with Gasteiger partial charge in [0, 0.05) is 5.92 Å². The van der Waals surface area contributed by atoms with Gasteiger partial charge in [0.15, 0.2) is 0 Å². The van der Waals surface area contributed by atoms with Crippen LogP contribution in [0.5, 0.6) is 0 Å². The minimum atomic E-state index is -0.341. The maximum Gasteiger partial charge on any atom is 0.311 e. The van der Waals surface area contributed by atoms with Gasteiger partial charge in [0.05, 0.1) is 11.5 Å². The first-order valence-electron chi connectivity index (χ1n) is 6.21. The van der Waals surface area contributed by atoms with Gasteiger partial charge in [-0.25, -0.2) is 0 Å². The molecule has 2 bridgehead atoms.